The van der Waals surface area contributed by atoms with Crippen molar-refractivity contribution in [1.82, 2.24) is 0 Å². The zero-order valence-electron chi connectivity index (χ0n) is 12.5. The number of aliphatic carboxylic acids is 4. The van der Waals surface area contributed by atoms with Crippen LogP contribution in [0.1, 0.15) is 44.9 Å². The fraction of sp³-hybridized carbons (Fsp3) is 0.714. The summed E-state index contributed by atoms with van der Waals surface area (Å²) in [6.07, 6.45) is -1.77. The zero-order chi connectivity index (χ0) is 17.8. The molecule has 1 aliphatic carbocycles. The van der Waals surface area contributed by atoms with Gasteiger partial charge in [-0.2, -0.15) is 0 Å². The van der Waals surface area contributed by atoms with Crippen LogP contribution in [0, 0.1) is 10.8 Å². The molecule has 0 aliphatic heterocycles. The second-order valence-electron chi connectivity index (χ2n) is 6.22. The van der Waals surface area contributed by atoms with Crippen molar-refractivity contribution in [3.63, 3.8) is 0 Å². The molecule has 0 bridgehead atoms. The van der Waals surface area contributed by atoms with Gasteiger partial charge in [0.25, 0.3) is 0 Å². The van der Waals surface area contributed by atoms with E-state index in [1.807, 2.05) is 0 Å². The van der Waals surface area contributed by atoms with Gasteiger partial charge in [-0.05, 0) is 18.3 Å². The fourth-order valence-electron chi connectivity index (χ4n) is 3.99. The van der Waals surface area contributed by atoms with E-state index in [-0.39, 0.29) is 6.42 Å². The minimum atomic E-state index is -1.63. The molecule has 1 atom stereocenters. The lowest BCUT2D eigenvalue weighted by molar-refractivity contribution is -0.168. The minimum Gasteiger partial charge on any atom is -0.481 e. The Hall–Kier alpha value is -2.16. The van der Waals surface area contributed by atoms with Crippen molar-refractivity contribution in [2.75, 3.05) is 0 Å². The van der Waals surface area contributed by atoms with E-state index in [4.69, 9.17) is 5.73 Å². The molecule has 6 N–H and O–H groups in total. The molecule has 9 heteroatoms. The molecule has 0 saturated heterocycles. The molecule has 0 heterocycles. The van der Waals surface area contributed by atoms with Crippen molar-refractivity contribution in [1.29, 1.82) is 0 Å². The highest BCUT2D eigenvalue weighted by Gasteiger charge is 2.59. The first kappa shape index (κ1) is 18.9. The zero-order valence-corrected chi connectivity index (χ0v) is 12.5. The monoisotopic (exact) mass is 331 g/mol. The summed E-state index contributed by atoms with van der Waals surface area (Å²) in [7, 11) is 0. The SMILES string of the molecule is NC1CCCC(CC(=O)O)(CC(=O)O)C1(CC(=O)O)CC(=O)O. The van der Waals surface area contributed by atoms with Crippen molar-refractivity contribution in [2.45, 2.75) is 51.0 Å². The van der Waals surface area contributed by atoms with E-state index in [2.05, 4.69) is 0 Å². The van der Waals surface area contributed by atoms with E-state index in [1.54, 1.807) is 0 Å². The summed E-state index contributed by atoms with van der Waals surface area (Å²) >= 11 is 0. The van der Waals surface area contributed by atoms with Gasteiger partial charge in [0.2, 0.25) is 0 Å². The fourth-order valence-corrected chi connectivity index (χ4v) is 3.99. The summed E-state index contributed by atoms with van der Waals surface area (Å²) in [6, 6.07) is -0.901. The first-order chi connectivity index (χ1) is 10.5. The first-order valence-corrected chi connectivity index (χ1v) is 7.17. The van der Waals surface area contributed by atoms with E-state index < -0.39 is 66.4 Å². The van der Waals surface area contributed by atoms with E-state index >= 15 is 0 Å². The molecule has 0 amide bonds. The Balaban J connectivity index is 3.52. The Kier molecular flexibility index (Phi) is 5.70. The smallest absolute Gasteiger partial charge is 0.304 e. The van der Waals surface area contributed by atoms with E-state index in [0.717, 1.165) is 0 Å². The molecular formula is C14H21NO8. The lowest BCUT2D eigenvalue weighted by atomic mass is 9.49. The molecule has 130 valence electrons. The summed E-state index contributed by atoms with van der Waals surface area (Å²) in [4.78, 5) is 45.2. The maximum Gasteiger partial charge on any atom is 0.304 e. The van der Waals surface area contributed by atoms with Crippen molar-refractivity contribution >= 4 is 23.9 Å². The van der Waals surface area contributed by atoms with Crippen LogP contribution in [0.2, 0.25) is 0 Å². The Morgan fingerprint density at radius 2 is 1.22 bits per heavy atom. The number of carboxylic acids is 4. The Bertz CT molecular complexity index is 483. The molecule has 0 aromatic heterocycles. The summed E-state index contributed by atoms with van der Waals surface area (Å²) in [5.74, 6) is -5.27. The van der Waals surface area contributed by atoms with Crippen LogP contribution in [0.15, 0.2) is 0 Å². The molecule has 1 saturated carbocycles. The summed E-state index contributed by atoms with van der Waals surface area (Å²) in [6.45, 7) is 0. The number of hydrogen-bond donors (Lipinski definition) is 5. The van der Waals surface area contributed by atoms with Gasteiger partial charge in [-0.15, -0.1) is 0 Å². The lowest BCUT2D eigenvalue weighted by Crippen LogP contribution is -2.59. The maximum atomic E-state index is 11.3. The van der Waals surface area contributed by atoms with Crippen LogP contribution in [0.3, 0.4) is 0 Å². The molecule has 1 fully saturated rings. The van der Waals surface area contributed by atoms with Crippen LogP contribution in [0.4, 0.5) is 0 Å². The predicted molar refractivity (Wildman–Crippen MR) is 75.7 cm³/mol. The highest BCUT2D eigenvalue weighted by atomic mass is 16.4. The number of carbonyl (C=O) groups is 4. The van der Waals surface area contributed by atoms with Gasteiger partial charge in [0.15, 0.2) is 0 Å². The Labute approximate surface area is 132 Å². The van der Waals surface area contributed by atoms with E-state index in [9.17, 15) is 39.6 Å². The van der Waals surface area contributed by atoms with Crippen molar-refractivity contribution < 1.29 is 39.6 Å². The van der Waals surface area contributed by atoms with Crippen LogP contribution >= 0.6 is 0 Å². The molecule has 23 heavy (non-hydrogen) atoms. The van der Waals surface area contributed by atoms with Crippen LogP contribution in [-0.4, -0.2) is 50.3 Å². The molecule has 0 spiro atoms. The highest BCUT2D eigenvalue weighted by Crippen LogP contribution is 2.58. The molecule has 0 radical (unpaired) electrons. The van der Waals surface area contributed by atoms with Gasteiger partial charge in [0.1, 0.15) is 0 Å². The van der Waals surface area contributed by atoms with Gasteiger partial charge in [-0.1, -0.05) is 6.42 Å². The number of hydrogen-bond acceptors (Lipinski definition) is 5. The molecule has 1 aliphatic rings. The van der Waals surface area contributed by atoms with Crippen molar-refractivity contribution in [2.24, 2.45) is 16.6 Å². The third-order valence-corrected chi connectivity index (χ3v) is 4.85. The largest absolute Gasteiger partial charge is 0.481 e. The first-order valence-electron chi connectivity index (χ1n) is 7.17. The molecule has 9 nitrogen and oxygen atoms in total. The average molecular weight is 331 g/mol. The van der Waals surface area contributed by atoms with Crippen LogP contribution in [0.25, 0.3) is 0 Å². The van der Waals surface area contributed by atoms with E-state index in [0.29, 0.717) is 12.8 Å². The second-order valence-corrected chi connectivity index (χ2v) is 6.22. The van der Waals surface area contributed by atoms with Gasteiger partial charge in [0, 0.05) is 11.5 Å². The standard InChI is InChI=1S/C14H21NO8/c15-8-2-1-3-13(4-9(16)17,5-10(18)19)14(8,6-11(20)21)7-12(22)23/h8H,1-7,15H2,(H,16,17)(H,18,19)(H,20,21)(H,22,23). The quantitative estimate of drug-likeness (QED) is 0.420. The summed E-state index contributed by atoms with van der Waals surface area (Å²) in [5.41, 5.74) is 2.88. The molecule has 0 aromatic carbocycles. The highest BCUT2D eigenvalue weighted by molar-refractivity contribution is 5.76. The van der Waals surface area contributed by atoms with Crippen LogP contribution in [0.5, 0.6) is 0 Å². The van der Waals surface area contributed by atoms with Crippen molar-refractivity contribution in [3.05, 3.63) is 0 Å². The second kappa shape index (κ2) is 6.95. The van der Waals surface area contributed by atoms with Crippen molar-refractivity contribution in [3.8, 4) is 0 Å². The number of rotatable bonds is 8. The number of nitrogens with two attached hydrogens (primary N) is 1. The lowest BCUT2D eigenvalue weighted by Gasteiger charge is -2.55. The predicted octanol–water partition coefficient (Wildman–Crippen LogP) is 0.369. The van der Waals surface area contributed by atoms with Crippen LogP contribution in [-0.2, 0) is 19.2 Å². The Morgan fingerprint density at radius 3 is 1.57 bits per heavy atom. The van der Waals surface area contributed by atoms with Gasteiger partial charge in [-0.3, -0.25) is 19.2 Å². The molecule has 1 unspecified atom stereocenters. The van der Waals surface area contributed by atoms with E-state index in [1.165, 1.54) is 0 Å². The third-order valence-electron chi connectivity index (χ3n) is 4.85. The molecule has 0 aromatic rings. The van der Waals surface area contributed by atoms with Gasteiger partial charge >= 0.3 is 23.9 Å². The average Bonchev–Trinajstić information content (AvgIpc) is 2.32. The van der Waals surface area contributed by atoms with Crippen LogP contribution < -0.4 is 5.73 Å². The summed E-state index contributed by atoms with van der Waals surface area (Å²) in [5, 5.41) is 36.8. The number of carboxylic acid groups (broad SMARTS) is 4. The molecule has 1 rings (SSSR count). The Morgan fingerprint density at radius 1 is 0.826 bits per heavy atom. The van der Waals surface area contributed by atoms with Gasteiger partial charge < -0.3 is 26.2 Å². The summed E-state index contributed by atoms with van der Waals surface area (Å²) < 4.78 is 0. The third kappa shape index (κ3) is 3.98. The van der Waals surface area contributed by atoms with Gasteiger partial charge in [0.05, 0.1) is 25.7 Å². The maximum absolute atomic E-state index is 11.3. The normalized spacial score (nSPS) is 22.2. The van der Waals surface area contributed by atoms with Gasteiger partial charge in [-0.25, -0.2) is 0 Å². The minimum absolute atomic E-state index is 0.111. The topological polar surface area (TPSA) is 175 Å². The molecular weight excluding hydrogens is 310 g/mol.